The van der Waals surface area contributed by atoms with Crippen molar-refractivity contribution < 1.29 is 4.74 Å². The first kappa shape index (κ1) is 12.1. The van der Waals surface area contributed by atoms with Crippen molar-refractivity contribution in [3.63, 3.8) is 0 Å². The van der Waals surface area contributed by atoms with E-state index in [2.05, 4.69) is 31.3 Å². The highest BCUT2D eigenvalue weighted by Gasteiger charge is 2.01. The smallest absolute Gasteiger partial charge is 0.123 e. The van der Waals surface area contributed by atoms with E-state index in [-0.39, 0.29) is 0 Å². The van der Waals surface area contributed by atoms with Gasteiger partial charge in [-0.3, -0.25) is 0 Å². The zero-order valence-electron chi connectivity index (χ0n) is 9.75. The molecule has 0 saturated heterocycles. The topological polar surface area (TPSA) is 21.3 Å². The predicted octanol–water partition coefficient (Wildman–Crippen LogP) is 2.98. The van der Waals surface area contributed by atoms with Gasteiger partial charge in [-0.2, -0.15) is 0 Å². The number of nitrogens with one attached hydrogen (secondary N) is 1. The molecule has 0 atom stereocenters. The average Bonchev–Trinajstić information content (AvgIpc) is 2.28. The number of hydrogen-bond donors (Lipinski definition) is 1. The van der Waals surface area contributed by atoms with Gasteiger partial charge in [-0.1, -0.05) is 32.0 Å². The van der Waals surface area contributed by atoms with Crippen LogP contribution in [0.15, 0.2) is 24.3 Å². The van der Waals surface area contributed by atoms with Crippen LogP contribution in [-0.4, -0.2) is 13.2 Å². The minimum atomic E-state index is 0.796. The van der Waals surface area contributed by atoms with E-state index >= 15 is 0 Å². The Balaban J connectivity index is 2.52. The van der Waals surface area contributed by atoms with Crippen LogP contribution in [0.4, 0.5) is 0 Å². The predicted molar refractivity (Wildman–Crippen MR) is 64.2 cm³/mol. The summed E-state index contributed by atoms with van der Waals surface area (Å²) in [6.07, 6.45) is 2.22. The SMILES string of the molecule is CCCNCc1ccccc1OCCC. The van der Waals surface area contributed by atoms with Gasteiger partial charge in [0.25, 0.3) is 0 Å². The molecule has 0 amide bonds. The van der Waals surface area contributed by atoms with Gasteiger partial charge in [0.2, 0.25) is 0 Å². The zero-order chi connectivity index (χ0) is 10.9. The van der Waals surface area contributed by atoms with Crippen molar-refractivity contribution in [3.05, 3.63) is 29.8 Å². The maximum atomic E-state index is 5.68. The second-order valence-corrected chi connectivity index (χ2v) is 3.63. The van der Waals surface area contributed by atoms with E-state index in [1.54, 1.807) is 0 Å². The lowest BCUT2D eigenvalue weighted by atomic mass is 10.2. The number of para-hydroxylation sites is 1. The third-order valence-electron chi connectivity index (χ3n) is 2.18. The van der Waals surface area contributed by atoms with Gasteiger partial charge < -0.3 is 10.1 Å². The fraction of sp³-hybridized carbons (Fsp3) is 0.538. The molecule has 2 nitrogen and oxygen atoms in total. The van der Waals surface area contributed by atoms with E-state index in [0.29, 0.717) is 0 Å². The van der Waals surface area contributed by atoms with Crippen LogP contribution in [-0.2, 0) is 6.54 Å². The van der Waals surface area contributed by atoms with Gasteiger partial charge in [0.1, 0.15) is 5.75 Å². The van der Waals surface area contributed by atoms with Gasteiger partial charge in [-0.25, -0.2) is 0 Å². The highest BCUT2D eigenvalue weighted by Crippen LogP contribution is 2.17. The van der Waals surface area contributed by atoms with Crippen molar-refractivity contribution in [1.82, 2.24) is 5.32 Å². The van der Waals surface area contributed by atoms with E-state index in [4.69, 9.17) is 4.74 Å². The Morgan fingerprint density at radius 2 is 1.93 bits per heavy atom. The molecule has 0 fully saturated rings. The fourth-order valence-electron chi connectivity index (χ4n) is 1.40. The number of ether oxygens (including phenoxy) is 1. The minimum Gasteiger partial charge on any atom is -0.493 e. The van der Waals surface area contributed by atoms with Crippen LogP contribution in [0, 0.1) is 0 Å². The largest absolute Gasteiger partial charge is 0.493 e. The normalized spacial score (nSPS) is 10.3. The van der Waals surface area contributed by atoms with Gasteiger partial charge in [-0.15, -0.1) is 0 Å². The van der Waals surface area contributed by atoms with Gasteiger partial charge >= 0.3 is 0 Å². The summed E-state index contributed by atoms with van der Waals surface area (Å²) in [4.78, 5) is 0. The second-order valence-electron chi connectivity index (χ2n) is 3.63. The van der Waals surface area contributed by atoms with Crippen LogP contribution in [0.2, 0.25) is 0 Å². The molecule has 0 aliphatic carbocycles. The quantitative estimate of drug-likeness (QED) is 0.694. The Hall–Kier alpha value is -1.02. The molecule has 0 aliphatic heterocycles. The molecule has 0 spiro atoms. The summed E-state index contributed by atoms with van der Waals surface area (Å²) in [6.45, 7) is 7.05. The molecule has 1 rings (SSSR count). The molecule has 0 unspecified atom stereocenters. The fourth-order valence-corrected chi connectivity index (χ4v) is 1.40. The van der Waals surface area contributed by atoms with Crippen molar-refractivity contribution in [2.45, 2.75) is 33.2 Å². The van der Waals surface area contributed by atoms with Crippen LogP contribution in [0.25, 0.3) is 0 Å². The summed E-state index contributed by atoms with van der Waals surface area (Å²) in [5, 5.41) is 3.39. The Labute approximate surface area is 92.6 Å². The Morgan fingerprint density at radius 3 is 2.67 bits per heavy atom. The van der Waals surface area contributed by atoms with E-state index in [1.807, 2.05) is 12.1 Å². The molecule has 2 heteroatoms. The number of benzene rings is 1. The summed E-state index contributed by atoms with van der Waals surface area (Å²) in [5.74, 6) is 1.02. The summed E-state index contributed by atoms with van der Waals surface area (Å²) in [5.41, 5.74) is 1.25. The van der Waals surface area contributed by atoms with Crippen molar-refractivity contribution >= 4 is 0 Å². The zero-order valence-corrected chi connectivity index (χ0v) is 9.75. The molecule has 15 heavy (non-hydrogen) atoms. The summed E-state index contributed by atoms with van der Waals surface area (Å²) in [7, 11) is 0. The molecular formula is C13H21NO. The van der Waals surface area contributed by atoms with Crippen molar-refractivity contribution in [1.29, 1.82) is 0 Å². The van der Waals surface area contributed by atoms with E-state index in [9.17, 15) is 0 Å². The highest BCUT2D eigenvalue weighted by molar-refractivity contribution is 5.33. The van der Waals surface area contributed by atoms with Crippen molar-refractivity contribution in [2.24, 2.45) is 0 Å². The Kier molecular flexibility index (Phi) is 5.86. The van der Waals surface area contributed by atoms with Crippen molar-refractivity contribution in [2.75, 3.05) is 13.2 Å². The second kappa shape index (κ2) is 7.30. The van der Waals surface area contributed by atoms with Crippen molar-refractivity contribution in [3.8, 4) is 5.75 Å². The molecule has 84 valence electrons. The summed E-state index contributed by atoms with van der Waals surface area (Å²) < 4.78 is 5.68. The summed E-state index contributed by atoms with van der Waals surface area (Å²) in [6, 6.07) is 8.24. The minimum absolute atomic E-state index is 0.796. The van der Waals surface area contributed by atoms with Crippen LogP contribution in [0.5, 0.6) is 5.75 Å². The Bertz CT molecular complexity index is 273. The average molecular weight is 207 g/mol. The first-order valence-electron chi connectivity index (χ1n) is 5.80. The van der Waals surface area contributed by atoms with Crippen LogP contribution in [0.1, 0.15) is 32.3 Å². The lowest BCUT2D eigenvalue weighted by molar-refractivity contribution is 0.313. The molecule has 0 radical (unpaired) electrons. The molecule has 0 heterocycles. The summed E-state index contributed by atoms with van der Waals surface area (Å²) >= 11 is 0. The van der Waals surface area contributed by atoms with Gasteiger partial charge in [0.15, 0.2) is 0 Å². The van der Waals surface area contributed by atoms with Crippen LogP contribution >= 0.6 is 0 Å². The van der Waals surface area contributed by atoms with Gasteiger partial charge in [0.05, 0.1) is 6.61 Å². The highest BCUT2D eigenvalue weighted by atomic mass is 16.5. The van der Waals surface area contributed by atoms with E-state index in [0.717, 1.165) is 38.3 Å². The molecule has 0 aliphatic rings. The molecule has 1 N–H and O–H groups in total. The van der Waals surface area contributed by atoms with Gasteiger partial charge in [0, 0.05) is 12.1 Å². The molecule has 1 aromatic carbocycles. The molecular weight excluding hydrogens is 186 g/mol. The Morgan fingerprint density at radius 1 is 1.13 bits per heavy atom. The lowest BCUT2D eigenvalue weighted by Crippen LogP contribution is -2.14. The first-order chi connectivity index (χ1) is 7.38. The number of rotatable bonds is 7. The van der Waals surface area contributed by atoms with Gasteiger partial charge in [-0.05, 0) is 25.5 Å². The first-order valence-corrected chi connectivity index (χ1v) is 5.80. The lowest BCUT2D eigenvalue weighted by Gasteiger charge is -2.11. The molecule has 1 aromatic rings. The maximum absolute atomic E-state index is 5.68. The number of hydrogen-bond acceptors (Lipinski definition) is 2. The molecule has 0 aromatic heterocycles. The van der Waals surface area contributed by atoms with Crippen LogP contribution < -0.4 is 10.1 Å². The van der Waals surface area contributed by atoms with E-state index < -0.39 is 0 Å². The maximum Gasteiger partial charge on any atom is 0.123 e. The van der Waals surface area contributed by atoms with E-state index in [1.165, 1.54) is 5.56 Å². The van der Waals surface area contributed by atoms with Crippen LogP contribution in [0.3, 0.4) is 0 Å². The molecule has 0 saturated carbocycles. The third kappa shape index (κ3) is 4.34. The molecule has 0 bridgehead atoms. The standard InChI is InChI=1S/C13H21NO/c1-3-9-14-11-12-7-5-6-8-13(12)15-10-4-2/h5-8,14H,3-4,9-11H2,1-2H3. The third-order valence-corrected chi connectivity index (χ3v) is 2.18. The monoisotopic (exact) mass is 207 g/mol.